The van der Waals surface area contributed by atoms with Crippen LogP contribution in [0.1, 0.15) is 6.92 Å². The number of rotatable bonds is 4. The predicted octanol–water partition coefficient (Wildman–Crippen LogP) is 0.521. The molecule has 0 aliphatic heterocycles. The highest BCUT2D eigenvalue weighted by Gasteiger charge is 2.25. The molecule has 1 aromatic heterocycles. The maximum absolute atomic E-state index is 12.4. The second-order valence-electron chi connectivity index (χ2n) is 4.66. The van der Waals surface area contributed by atoms with Crippen molar-refractivity contribution >= 4 is 33.5 Å². The third kappa shape index (κ3) is 2.98. The van der Waals surface area contributed by atoms with E-state index in [1.54, 1.807) is 20.0 Å². The van der Waals surface area contributed by atoms with Crippen LogP contribution >= 0.6 is 12.4 Å². The Bertz CT molecular complexity index is 796. The summed E-state index contributed by atoms with van der Waals surface area (Å²) in [7, 11) is -0.632. The average Bonchev–Trinajstić information content (AvgIpc) is 2.71. The van der Waals surface area contributed by atoms with Crippen molar-refractivity contribution in [2.45, 2.75) is 17.9 Å². The molecule has 1 unspecified atom stereocenters. The first-order valence-corrected chi connectivity index (χ1v) is 7.50. The van der Waals surface area contributed by atoms with E-state index in [9.17, 15) is 13.2 Å². The van der Waals surface area contributed by atoms with Crippen molar-refractivity contribution in [2.24, 2.45) is 12.8 Å². The van der Waals surface area contributed by atoms with Crippen LogP contribution in [0.15, 0.2) is 32.3 Å². The molecule has 0 bridgehead atoms. The zero-order valence-corrected chi connectivity index (χ0v) is 13.6. The van der Waals surface area contributed by atoms with E-state index in [0.717, 1.165) is 0 Å². The lowest BCUT2D eigenvalue weighted by Gasteiger charge is -2.22. The first-order chi connectivity index (χ1) is 9.28. The smallest absolute Gasteiger partial charge is 0.408 e. The Balaban J connectivity index is 0.00000220. The van der Waals surface area contributed by atoms with Gasteiger partial charge in [-0.2, -0.15) is 4.31 Å². The third-order valence-corrected chi connectivity index (χ3v) is 5.37. The quantitative estimate of drug-likeness (QED) is 0.878. The molecule has 0 aliphatic rings. The van der Waals surface area contributed by atoms with Gasteiger partial charge in [0.1, 0.15) is 0 Å². The molecule has 0 saturated carbocycles. The van der Waals surface area contributed by atoms with Gasteiger partial charge in [-0.05, 0) is 19.1 Å². The number of benzene rings is 1. The molecular formula is C12H18ClN3O4S. The molecule has 118 valence electrons. The lowest BCUT2D eigenvalue weighted by molar-refractivity contribution is 0.394. The second-order valence-corrected chi connectivity index (χ2v) is 6.66. The number of aryl methyl sites for hydroxylation is 1. The van der Waals surface area contributed by atoms with Crippen LogP contribution in [0.3, 0.4) is 0 Å². The number of hydrogen-bond acceptors (Lipinski definition) is 5. The number of hydrogen-bond donors (Lipinski definition) is 1. The first-order valence-electron chi connectivity index (χ1n) is 6.06. The van der Waals surface area contributed by atoms with Crippen molar-refractivity contribution in [1.82, 2.24) is 8.87 Å². The van der Waals surface area contributed by atoms with E-state index >= 15 is 0 Å². The van der Waals surface area contributed by atoms with Crippen LogP contribution in [-0.4, -0.2) is 36.9 Å². The molecule has 1 heterocycles. The van der Waals surface area contributed by atoms with Gasteiger partial charge >= 0.3 is 5.76 Å². The fourth-order valence-electron chi connectivity index (χ4n) is 1.83. The van der Waals surface area contributed by atoms with Crippen LogP contribution < -0.4 is 11.5 Å². The monoisotopic (exact) mass is 335 g/mol. The number of fused-ring (bicyclic) bond motifs is 1. The van der Waals surface area contributed by atoms with Gasteiger partial charge in [0.2, 0.25) is 10.0 Å². The molecule has 7 nitrogen and oxygen atoms in total. The minimum Gasteiger partial charge on any atom is -0.408 e. The van der Waals surface area contributed by atoms with Gasteiger partial charge in [-0.3, -0.25) is 4.57 Å². The summed E-state index contributed by atoms with van der Waals surface area (Å²) in [5, 5.41) is 0. The van der Waals surface area contributed by atoms with Crippen LogP contribution in [0.25, 0.3) is 11.1 Å². The second kappa shape index (κ2) is 6.18. The number of nitrogens with two attached hydrogens (primary N) is 1. The number of aromatic nitrogens is 1. The molecule has 21 heavy (non-hydrogen) atoms. The maximum Gasteiger partial charge on any atom is 0.419 e. The van der Waals surface area contributed by atoms with Gasteiger partial charge in [-0.15, -0.1) is 12.4 Å². The Hall–Kier alpha value is -1.35. The Morgan fingerprint density at radius 1 is 1.43 bits per heavy atom. The van der Waals surface area contributed by atoms with E-state index in [4.69, 9.17) is 10.2 Å². The highest BCUT2D eigenvalue weighted by molar-refractivity contribution is 7.89. The predicted molar refractivity (Wildman–Crippen MR) is 82.2 cm³/mol. The topological polar surface area (TPSA) is 98.5 Å². The van der Waals surface area contributed by atoms with Gasteiger partial charge in [0.25, 0.3) is 0 Å². The van der Waals surface area contributed by atoms with Crippen LogP contribution in [0.4, 0.5) is 0 Å². The number of likely N-dealkylation sites (N-methyl/N-ethyl adjacent to an activating group) is 1. The highest BCUT2D eigenvalue weighted by Crippen LogP contribution is 2.21. The van der Waals surface area contributed by atoms with E-state index in [1.807, 2.05) is 0 Å². The van der Waals surface area contributed by atoms with Gasteiger partial charge in [-0.25, -0.2) is 13.2 Å². The lowest BCUT2D eigenvalue weighted by Crippen LogP contribution is -2.39. The van der Waals surface area contributed by atoms with Crippen LogP contribution in [-0.2, 0) is 17.1 Å². The summed E-state index contributed by atoms with van der Waals surface area (Å²) < 4.78 is 32.3. The normalized spacial score (nSPS) is 13.4. The van der Waals surface area contributed by atoms with Gasteiger partial charge in [0.05, 0.1) is 10.4 Å². The molecule has 2 N–H and O–H groups in total. The Morgan fingerprint density at radius 3 is 2.62 bits per heavy atom. The number of oxazole rings is 1. The summed E-state index contributed by atoms with van der Waals surface area (Å²) in [6, 6.07) is 4.03. The van der Waals surface area contributed by atoms with Crippen molar-refractivity contribution in [2.75, 3.05) is 13.6 Å². The fraction of sp³-hybridized carbons (Fsp3) is 0.417. The molecule has 0 radical (unpaired) electrons. The molecule has 0 amide bonds. The van der Waals surface area contributed by atoms with Crippen molar-refractivity contribution < 1.29 is 12.8 Å². The van der Waals surface area contributed by atoms with Crippen LogP contribution in [0.2, 0.25) is 0 Å². The molecule has 0 saturated heterocycles. The summed E-state index contributed by atoms with van der Waals surface area (Å²) in [6.45, 7) is 1.94. The Kier molecular flexibility index (Phi) is 5.21. The van der Waals surface area contributed by atoms with Crippen molar-refractivity contribution in [3.8, 4) is 0 Å². The average molecular weight is 336 g/mol. The van der Waals surface area contributed by atoms with Gasteiger partial charge in [0, 0.05) is 32.7 Å². The van der Waals surface area contributed by atoms with Gasteiger partial charge in [0.15, 0.2) is 5.58 Å². The lowest BCUT2D eigenvalue weighted by atomic mass is 10.3. The van der Waals surface area contributed by atoms with Crippen molar-refractivity contribution in [3.05, 3.63) is 28.7 Å². The minimum atomic E-state index is -3.66. The number of nitrogens with zero attached hydrogens (tertiary/aromatic N) is 2. The fourth-order valence-corrected chi connectivity index (χ4v) is 3.21. The zero-order chi connectivity index (χ0) is 15.1. The minimum absolute atomic E-state index is 0. The zero-order valence-electron chi connectivity index (χ0n) is 11.9. The molecule has 2 rings (SSSR count). The molecule has 0 spiro atoms. The number of halogens is 1. The van der Waals surface area contributed by atoms with Crippen molar-refractivity contribution in [3.63, 3.8) is 0 Å². The largest absolute Gasteiger partial charge is 0.419 e. The molecule has 1 aromatic carbocycles. The number of sulfonamides is 1. The van der Waals surface area contributed by atoms with E-state index in [2.05, 4.69) is 0 Å². The Labute approximate surface area is 128 Å². The summed E-state index contributed by atoms with van der Waals surface area (Å²) in [4.78, 5) is 11.5. The summed E-state index contributed by atoms with van der Waals surface area (Å²) in [5.74, 6) is -0.529. The standard InChI is InChI=1S/C12H17N3O4S.ClH/c1-8(7-13)15(3)20(17,18)9-4-5-10-11(6-9)19-12(16)14(10)2;/h4-6,8H,7,13H2,1-3H3;1H. The first kappa shape index (κ1) is 17.7. The highest BCUT2D eigenvalue weighted by atomic mass is 35.5. The van der Waals surface area contributed by atoms with Crippen LogP contribution in [0.5, 0.6) is 0 Å². The summed E-state index contributed by atoms with van der Waals surface area (Å²) >= 11 is 0. The van der Waals surface area contributed by atoms with Crippen LogP contribution in [0, 0.1) is 0 Å². The third-order valence-electron chi connectivity index (χ3n) is 3.40. The molecule has 9 heteroatoms. The molecule has 0 fully saturated rings. The molecule has 1 atom stereocenters. The van der Waals surface area contributed by atoms with Gasteiger partial charge in [-0.1, -0.05) is 0 Å². The molecular weight excluding hydrogens is 318 g/mol. The van der Waals surface area contributed by atoms with Gasteiger partial charge < -0.3 is 10.2 Å². The SMILES string of the molecule is CC(CN)N(C)S(=O)(=O)c1ccc2c(c1)oc(=O)n2C.Cl. The van der Waals surface area contributed by atoms with Crippen molar-refractivity contribution in [1.29, 1.82) is 0 Å². The van der Waals surface area contributed by atoms with E-state index in [1.165, 1.54) is 28.1 Å². The molecule has 0 aliphatic carbocycles. The van der Waals surface area contributed by atoms with E-state index in [0.29, 0.717) is 5.52 Å². The summed E-state index contributed by atoms with van der Waals surface area (Å²) in [6.07, 6.45) is 0. The summed E-state index contributed by atoms with van der Waals surface area (Å²) in [5.41, 5.74) is 6.28. The Morgan fingerprint density at radius 2 is 2.05 bits per heavy atom. The maximum atomic E-state index is 12.4. The molecule has 2 aromatic rings. The van der Waals surface area contributed by atoms with E-state index < -0.39 is 15.8 Å². The van der Waals surface area contributed by atoms with E-state index in [-0.39, 0.29) is 35.5 Å².